The summed E-state index contributed by atoms with van der Waals surface area (Å²) in [5.41, 5.74) is 0. The molecule has 0 aliphatic carbocycles. The zero-order chi connectivity index (χ0) is 11.6. The molecule has 1 rings (SSSR count). The molecule has 0 saturated carbocycles. The molecule has 0 aromatic carbocycles. The molecule has 16 heavy (non-hydrogen) atoms. The number of hydrogen-bond acceptors (Lipinski definition) is 3. The van der Waals surface area contributed by atoms with E-state index in [2.05, 4.69) is 18.8 Å². The summed E-state index contributed by atoms with van der Waals surface area (Å²) in [6.07, 6.45) is 5.50. The summed E-state index contributed by atoms with van der Waals surface area (Å²) in [6.45, 7) is 8.11. The van der Waals surface area contributed by atoms with Crippen LogP contribution in [0.15, 0.2) is 35.5 Å². The van der Waals surface area contributed by atoms with Crippen LogP contribution in [0.2, 0.25) is 0 Å². The molecule has 90 valence electrons. The molecular formula is C13H21NO2. The molecular weight excluding hydrogens is 202 g/mol. The minimum Gasteiger partial charge on any atom is -0.468 e. The highest BCUT2D eigenvalue weighted by atomic mass is 16.5. The molecule has 0 saturated heterocycles. The van der Waals surface area contributed by atoms with Crippen LogP contribution < -0.4 is 5.32 Å². The third-order valence-corrected chi connectivity index (χ3v) is 2.40. The second-order valence-corrected chi connectivity index (χ2v) is 3.62. The summed E-state index contributed by atoms with van der Waals surface area (Å²) in [6, 6.07) is 4.21. The van der Waals surface area contributed by atoms with Gasteiger partial charge in [-0.25, -0.2) is 0 Å². The maximum atomic E-state index is 5.42. The fourth-order valence-corrected chi connectivity index (χ4v) is 1.51. The van der Waals surface area contributed by atoms with E-state index in [1.807, 2.05) is 18.2 Å². The molecule has 0 radical (unpaired) electrons. The van der Waals surface area contributed by atoms with Crippen molar-refractivity contribution in [2.24, 2.45) is 0 Å². The summed E-state index contributed by atoms with van der Waals surface area (Å²) < 4.78 is 10.8. The van der Waals surface area contributed by atoms with E-state index < -0.39 is 0 Å². The molecule has 0 bridgehead atoms. The fourth-order valence-electron chi connectivity index (χ4n) is 1.51. The van der Waals surface area contributed by atoms with Crippen molar-refractivity contribution in [1.82, 2.24) is 5.32 Å². The summed E-state index contributed by atoms with van der Waals surface area (Å²) in [7, 11) is 0. The molecule has 1 N–H and O–H groups in total. The molecule has 1 unspecified atom stereocenters. The van der Waals surface area contributed by atoms with Gasteiger partial charge in [0.15, 0.2) is 0 Å². The van der Waals surface area contributed by atoms with Crippen LogP contribution in [-0.4, -0.2) is 19.8 Å². The first kappa shape index (κ1) is 13.0. The Hall–Kier alpha value is -1.06. The van der Waals surface area contributed by atoms with Crippen LogP contribution in [0.3, 0.4) is 0 Å². The van der Waals surface area contributed by atoms with Gasteiger partial charge in [0.1, 0.15) is 5.76 Å². The largest absolute Gasteiger partial charge is 0.468 e. The molecule has 1 aromatic heterocycles. The van der Waals surface area contributed by atoms with Gasteiger partial charge in [0, 0.05) is 6.54 Å². The van der Waals surface area contributed by atoms with Gasteiger partial charge >= 0.3 is 0 Å². The highest BCUT2D eigenvalue weighted by Gasteiger charge is 2.10. The molecule has 0 spiro atoms. The van der Waals surface area contributed by atoms with E-state index in [0.29, 0.717) is 0 Å². The smallest absolute Gasteiger partial charge is 0.120 e. The second kappa shape index (κ2) is 8.13. The van der Waals surface area contributed by atoms with E-state index in [-0.39, 0.29) is 6.04 Å². The van der Waals surface area contributed by atoms with Crippen LogP contribution in [0.25, 0.3) is 0 Å². The Labute approximate surface area is 97.5 Å². The van der Waals surface area contributed by atoms with Gasteiger partial charge in [-0.15, -0.1) is 6.58 Å². The molecule has 1 aromatic rings. The van der Waals surface area contributed by atoms with Crippen LogP contribution in [0.4, 0.5) is 0 Å². The maximum absolute atomic E-state index is 5.42. The van der Waals surface area contributed by atoms with Gasteiger partial charge < -0.3 is 14.5 Å². The van der Waals surface area contributed by atoms with E-state index in [9.17, 15) is 0 Å². The van der Waals surface area contributed by atoms with E-state index in [1.54, 1.807) is 6.26 Å². The number of rotatable bonds is 9. The number of ether oxygens (including phenoxy) is 1. The average Bonchev–Trinajstić information content (AvgIpc) is 2.82. The summed E-state index contributed by atoms with van der Waals surface area (Å²) in [5, 5.41) is 3.40. The molecule has 0 amide bonds. The number of furan rings is 1. The van der Waals surface area contributed by atoms with Gasteiger partial charge in [-0.2, -0.15) is 0 Å². The Kier molecular flexibility index (Phi) is 6.61. The maximum Gasteiger partial charge on any atom is 0.120 e. The first-order chi connectivity index (χ1) is 7.88. The first-order valence-corrected chi connectivity index (χ1v) is 5.84. The van der Waals surface area contributed by atoms with Crippen LogP contribution in [0, 0.1) is 0 Å². The van der Waals surface area contributed by atoms with E-state index >= 15 is 0 Å². The third kappa shape index (κ3) is 4.64. The highest BCUT2D eigenvalue weighted by molar-refractivity contribution is 5.03. The average molecular weight is 223 g/mol. The van der Waals surface area contributed by atoms with Crippen molar-refractivity contribution in [1.29, 1.82) is 0 Å². The van der Waals surface area contributed by atoms with Gasteiger partial charge in [-0.3, -0.25) is 0 Å². The van der Waals surface area contributed by atoms with Gasteiger partial charge in [0.2, 0.25) is 0 Å². The van der Waals surface area contributed by atoms with Gasteiger partial charge in [0.05, 0.1) is 25.5 Å². The normalized spacial score (nSPS) is 12.6. The topological polar surface area (TPSA) is 34.4 Å². The second-order valence-electron chi connectivity index (χ2n) is 3.62. The Bertz CT molecular complexity index is 269. The van der Waals surface area contributed by atoms with E-state index in [4.69, 9.17) is 9.15 Å². The molecule has 0 fully saturated rings. The minimum absolute atomic E-state index is 0.290. The first-order valence-electron chi connectivity index (χ1n) is 5.84. The summed E-state index contributed by atoms with van der Waals surface area (Å²) >= 11 is 0. The zero-order valence-electron chi connectivity index (χ0n) is 9.95. The summed E-state index contributed by atoms with van der Waals surface area (Å²) in [5.74, 6) is 0.994. The van der Waals surface area contributed by atoms with Crippen molar-refractivity contribution >= 4 is 0 Å². The lowest BCUT2D eigenvalue weighted by Crippen LogP contribution is -2.24. The van der Waals surface area contributed by atoms with Crippen molar-refractivity contribution in [3.8, 4) is 0 Å². The van der Waals surface area contributed by atoms with E-state index in [0.717, 1.165) is 38.4 Å². The van der Waals surface area contributed by atoms with Crippen molar-refractivity contribution < 1.29 is 9.15 Å². The molecule has 3 nitrogen and oxygen atoms in total. The Morgan fingerprint density at radius 2 is 2.44 bits per heavy atom. The predicted octanol–water partition coefficient (Wildman–Crippen LogP) is 2.91. The Balaban J connectivity index is 2.13. The fraction of sp³-hybridized carbons (Fsp3) is 0.538. The predicted molar refractivity (Wildman–Crippen MR) is 65.4 cm³/mol. The van der Waals surface area contributed by atoms with Crippen LogP contribution in [0.5, 0.6) is 0 Å². The summed E-state index contributed by atoms with van der Waals surface area (Å²) in [4.78, 5) is 0. The SMILES string of the molecule is C=CCCOCCNC(CC)c1ccco1. The molecule has 1 atom stereocenters. The monoisotopic (exact) mass is 223 g/mol. The lowest BCUT2D eigenvalue weighted by Gasteiger charge is -2.14. The minimum atomic E-state index is 0.290. The van der Waals surface area contributed by atoms with E-state index in [1.165, 1.54) is 0 Å². The Morgan fingerprint density at radius 1 is 1.56 bits per heavy atom. The lowest BCUT2D eigenvalue weighted by atomic mass is 10.2. The van der Waals surface area contributed by atoms with Gasteiger partial charge in [-0.05, 0) is 25.0 Å². The Morgan fingerprint density at radius 3 is 3.06 bits per heavy atom. The van der Waals surface area contributed by atoms with Crippen molar-refractivity contribution in [2.45, 2.75) is 25.8 Å². The van der Waals surface area contributed by atoms with Crippen molar-refractivity contribution in [3.05, 3.63) is 36.8 Å². The third-order valence-electron chi connectivity index (χ3n) is 2.40. The molecule has 1 heterocycles. The van der Waals surface area contributed by atoms with Crippen molar-refractivity contribution in [2.75, 3.05) is 19.8 Å². The molecule has 3 heteroatoms. The lowest BCUT2D eigenvalue weighted by molar-refractivity contribution is 0.137. The molecule has 0 aliphatic heterocycles. The van der Waals surface area contributed by atoms with Crippen molar-refractivity contribution in [3.63, 3.8) is 0 Å². The number of nitrogens with one attached hydrogen (secondary N) is 1. The standard InChI is InChI=1S/C13H21NO2/c1-3-5-9-15-11-8-14-12(4-2)13-7-6-10-16-13/h3,6-7,10,12,14H,1,4-5,8-9,11H2,2H3. The van der Waals surface area contributed by atoms with Gasteiger partial charge in [-0.1, -0.05) is 13.0 Å². The van der Waals surface area contributed by atoms with Crippen LogP contribution >= 0.6 is 0 Å². The van der Waals surface area contributed by atoms with Crippen LogP contribution in [0.1, 0.15) is 31.6 Å². The zero-order valence-corrected chi connectivity index (χ0v) is 9.95. The highest BCUT2D eigenvalue weighted by Crippen LogP contribution is 2.15. The number of hydrogen-bond donors (Lipinski definition) is 1. The van der Waals surface area contributed by atoms with Crippen LogP contribution in [-0.2, 0) is 4.74 Å². The molecule has 0 aliphatic rings. The quantitative estimate of drug-likeness (QED) is 0.516. The van der Waals surface area contributed by atoms with Gasteiger partial charge in [0.25, 0.3) is 0 Å².